The predicted molar refractivity (Wildman–Crippen MR) is 77.7 cm³/mol. The van der Waals surface area contributed by atoms with Crippen molar-refractivity contribution in [3.63, 3.8) is 0 Å². The summed E-state index contributed by atoms with van der Waals surface area (Å²) in [6, 6.07) is 5.43. The summed E-state index contributed by atoms with van der Waals surface area (Å²) in [5.74, 6) is 0.376. The molecule has 1 aromatic carbocycles. The minimum Gasteiger partial charge on any atom is -0.347 e. The first kappa shape index (κ1) is 15.3. The number of carbonyl (C=O) groups excluding carboxylic acids is 1. The number of aryl methyl sites for hydroxylation is 1. The molecule has 1 aromatic rings. The molecule has 0 radical (unpaired) electrons. The number of carbonyl (C=O) groups is 1. The molecule has 2 nitrogen and oxygen atoms in total. The van der Waals surface area contributed by atoms with E-state index in [1.54, 1.807) is 12.1 Å². The standard InChI is InChI=1S/C14H19Cl2NO/c1-4-14(3,7-8-15)17-13(18)11-6-5-10(2)9-12(11)16/h5-6,9H,4,7-8H2,1-3H3,(H,17,18). The molecule has 0 saturated carbocycles. The highest BCUT2D eigenvalue weighted by molar-refractivity contribution is 6.33. The van der Waals surface area contributed by atoms with Gasteiger partial charge in [0.25, 0.3) is 5.91 Å². The van der Waals surface area contributed by atoms with Gasteiger partial charge >= 0.3 is 0 Å². The van der Waals surface area contributed by atoms with Crippen molar-refractivity contribution in [1.82, 2.24) is 5.32 Å². The SMILES string of the molecule is CCC(C)(CCCl)NC(=O)c1ccc(C)cc1Cl. The lowest BCUT2D eigenvalue weighted by molar-refractivity contribution is 0.0901. The zero-order chi connectivity index (χ0) is 13.8. The van der Waals surface area contributed by atoms with Crippen molar-refractivity contribution in [2.24, 2.45) is 0 Å². The minimum atomic E-state index is -0.285. The fourth-order valence-electron chi connectivity index (χ4n) is 1.68. The number of alkyl halides is 1. The third-order valence-corrected chi connectivity index (χ3v) is 3.71. The van der Waals surface area contributed by atoms with Crippen molar-refractivity contribution < 1.29 is 4.79 Å². The Morgan fingerprint density at radius 2 is 2.11 bits per heavy atom. The summed E-state index contributed by atoms with van der Waals surface area (Å²) in [6.45, 7) is 5.97. The van der Waals surface area contributed by atoms with Gasteiger partial charge in [0.2, 0.25) is 0 Å². The van der Waals surface area contributed by atoms with Crippen LogP contribution in [0.3, 0.4) is 0 Å². The summed E-state index contributed by atoms with van der Waals surface area (Å²) < 4.78 is 0. The van der Waals surface area contributed by atoms with E-state index in [4.69, 9.17) is 23.2 Å². The van der Waals surface area contributed by atoms with Gasteiger partial charge in [-0.25, -0.2) is 0 Å². The molecule has 0 fully saturated rings. The van der Waals surface area contributed by atoms with Gasteiger partial charge < -0.3 is 5.32 Å². The summed E-state index contributed by atoms with van der Waals surface area (Å²) in [5, 5.41) is 3.50. The van der Waals surface area contributed by atoms with Crippen molar-refractivity contribution in [3.8, 4) is 0 Å². The molecule has 0 bridgehead atoms. The molecule has 1 atom stereocenters. The Morgan fingerprint density at radius 1 is 1.44 bits per heavy atom. The zero-order valence-electron chi connectivity index (χ0n) is 11.0. The summed E-state index contributed by atoms with van der Waals surface area (Å²) in [4.78, 5) is 12.2. The van der Waals surface area contributed by atoms with E-state index in [1.807, 2.05) is 26.8 Å². The van der Waals surface area contributed by atoms with Crippen LogP contribution in [0.5, 0.6) is 0 Å². The fraction of sp³-hybridized carbons (Fsp3) is 0.500. The molecule has 0 aliphatic carbocycles. The highest BCUT2D eigenvalue weighted by Crippen LogP contribution is 2.20. The molecule has 0 saturated heterocycles. The van der Waals surface area contributed by atoms with Crippen LogP contribution < -0.4 is 5.32 Å². The van der Waals surface area contributed by atoms with Crippen molar-refractivity contribution in [2.45, 2.75) is 39.2 Å². The van der Waals surface area contributed by atoms with Crippen molar-refractivity contribution in [1.29, 1.82) is 0 Å². The molecule has 1 unspecified atom stereocenters. The van der Waals surface area contributed by atoms with Gasteiger partial charge in [-0.05, 0) is 44.4 Å². The molecule has 1 amide bonds. The first-order chi connectivity index (χ1) is 8.41. The fourth-order valence-corrected chi connectivity index (χ4v) is 2.42. The summed E-state index contributed by atoms with van der Waals surface area (Å²) >= 11 is 11.9. The Hall–Kier alpha value is -0.730. The second-order valence-electron chi connectivity index (χ2n) is 4.79. The molecular formula is C14H19Cl2NO. The lowest BCUT2D eigenvalue weighted by Gasteiger charge is -2.29. The van der Waals surface area contributed by atoms with Crippen LogP contribution in [0.15, 0.2) is 18.2 Å². The maximum absolute atomic E-state index is 12.2. The van der Waals surface area contributed by atoms with Crippen LogP contribution in [-0.2, 0) is 0 Å². The number of hydrogen-bond acceptors (Lipinski definition) is 1. The molecular weight excluding hydrogens is 269 g/mol. The minimum absolute atomic E-state index is 0.144. The summed E-state index contributed by atoms with van der Waals surface area (Å²) in [6.07, 6.45) is 1.56. The van der Waals surface area contributed by atoms with Crippen LogP contribution in [0, 0.1) is 6.92 Å². The van der Waals surface area contributed by atoms with Gasteiger partial charge in [-0.1, -0.05) is 24.6 Å². The van der Waals surface area contributed by atoms with Crippen molar-refractivity contribution in [2.75, 3.05) is 5.88 Å². The van der Waals surface area contributed by atoms with E-state index in [-0.39, 0.29) is 11.4 Å². The van der Waals surface area contributed by atoms with E-state index in [9.17, 15) is 4.79 Å². The topological polar surface area (TPSA) is 29.1 Å². The molecule has 100 valence electrons. The molecule has 4 heteroatoms. The molecule has 0 aromatic heterocycles. The van der Waals surface area contributed by atoms with Crippen LogP contribution in [0.1, 0.15) is 42.6 Å². The summed E-state index contributed by atoms with van der Waals surface area (Å²) in [7, 11) is 0. The third-order valence-electron chi connectivity index (χ3n) is 3.21. The predicted octanol–water partition coefficient (Wildman–Crippen LogP) is 4.18. The van der Waals surface area contributed by atoms with Gasteiger partial charge in [0.1, 0.15) is 0 Å². The second kappa shape index (κ2) is 6.44. The molecule has 0 aliphatic rings. The highest BCUT2D eigenvalue weighted by Gasteiger charge is 2.24. The number of rotatable bonds is 5. The van der Waals surface area contributed by atoms with Crippen LogP contribution >= 0.6 is 23.2 Å². The van der Waals surface area contributed by atoms with Gasteiger partial charge in [0.15, 0.2) is 0 Å². The van der Waals surface area contributed by atoms with E-state index >= 15 is 0 Å². The van der Waals surface area contributed by atoms with Gasteiger partial charge in [-0.2, -0.15) is 0 Å². The number of benzene rings is 1. The van der Waals surface area contributed by atoms with Gasteiger partial charge in [0, 0.05) is 11.4 Å². The molecule has 1 rings (SSSR count). The largest absolute Gasteiger partial charge is 0.347 e. The van der Waals surface area contributed by atoms with Gasteiger partial charge in [0.05, 0.1) is 10.6 Å². The normalized spacial score (nSPS) is 14.1. The zero-order valence-corrected chi connectivity index (χ0v) is 12.5. The smallest absolute Gasteiger partial charge is 0.253 e. The molecule has 0 heterocycles. The maximum atomic E-state index is 12.2. The third kappa shape index (κ3) is 3.89. The van der Waals surface area contributed by atoms with Crippen molar-refractivity contribution >= 4 is 29.1 Å². The Bertz CT molecular complexity index is 434. The number of amides is 1. The Morgan fingerprint density at radius 3 is 2.61 bits per heavy atom. The lowest BCUT2D eigenvalue weighted by atomic mass is 9.95. The van der Waals surface area contributed by atoms with Gasteiger partial charge in [-0.3, -0.25) is 4.79 Å². The molecule has 0 aliphatic heterocycles. The number of hydrogen-bond donors (Lipinski definition) is 1. The molecule has 1 N–H and O–H groups in total. The van der Waals surface area contributed by atoms with E-state index in [0.717, 1.165) is 18.4 Å². The van der Waals surface area contributed by atoms with E-state index < -0.39 is 0 Å². The molecule has 18 heavy (non-hydrogen) atoms. The van der Waals surface area contributed by atoms with E-state index in [1.165, 1.54) is 0 Å². The van der Waals surface area contributed by atoms with E-state index in [0.29, 0.717) is 16.5 Å². The Balaban J connectivity index is 2.87. The lowest BCUT2D eigenvalue weighted by Crippen LogP contribution is -2.45. The monoisotopic (exact) mass is 287 g/mol. The van der Waals surface area contributed by atoms with Gasteiger partial charge in [-0.15, -0.1) is 11.6 Å². The maximum Gasteiger partial charge on any atom is 0.253 e. The van der Waals surface area contributed by atoms with E-state index in [2.05, 4.69) is 5.32 Å². The highest BCUT2D eigenvalue weighted by atomic mass is 35.5. The average molecular weight is 288 g/mol. The Kier molecular flexibility index (Phi) is 5.48. The number of nitrogens with one attached hydrogen (secondary N) is 1. The summed E-state index contributed by atoms with van der Waals surface area (Å²) in [5.41, 5.74) is 1.26. The first-order valence-corrected chi connectivity index (χ1v) is 6.98. The quantitative estimate of drug-likeness (QED) is 0.809. The number of halogens is 2. The average Bonchev–Trinajstić information content (AvgIpc) is 2.28. The van der Waals surface area contributed by atoms with Crippen molar-refractivity contribution in [3.05, 3.63) is 34.3 Å². The first-order valence-electron chi connectivity index (χ1n) is 6.06. The van der Waals surface area contributed by atoms with Crippen LogP contribution in [0.25, 0.3) is 0 Å². The Labute approximate surface area is 119 Å². The second-order valence-corrected chi connectivity index (χ2v) is 5.58. The molecule has 0 spiro atoms. The van der Waals surface area contributed by atoms with Crippen LogP contribution in [0.4, 0.5) is 0 Å². The van der Waals surface area contributed by atoms with Crippen LogP contribution in [-0.4, -0.2) is 17.3 Å². The van der Waals surface area contributed by atoms with Crippen LogP contribution in [0.2, 0.25) is 5.02 Å².